The lowest BCUT2D eigenvalue weighted by atomic mass is 10.2. The molecule has 2 aromatic carbocycles. The van der Waals surface area contributed by atoms with E-state index >= 15 is 0 Å². The average molecular weight is 288 g/mol. The lowest BCUT2D eigenvalue weighted by Crippen LogP contribution is -2.41. The topological polar surface area (TPSA) is 119 Å². The molecular weight excluding hydrogens is 276 g/mol. The molecule has 0 bridgehead atoms. The summed E-state index contributed by atoms with van der Waals surface area (Å²) >= 11 is 0. The molecule has 7 heteroatoms. The lowest BCUT2D eigenvalue weighted by molar-refractivity contribution is 0.0843. The number of carbonyl (C=O) groups excluding carboxylic acids is 2. The normalized spacial score (nSPS) is 9.90. The predicted octanol–water partition coefficient (Wildman–Crippen LogP) is 0.878. The second-order valence-electron chi connectivity index (χ2n) is 4.10. The summed E-state index contributed by atoms with van der Waals surface area (Å²) < 4.78 is 0. The first-order valence-corrected chi connectivity index (χ1v) is 5.90. The summed E-state index contributed by atoms with van der Waals surface area (Å²) in [7, 11) is 0. The minimum atomic E-state index is -0.813. The van der Waals surface area contributed by atoms with Gasteiger partial charge in [-0.25, -0.2) is 0 Å². The number of phenolic OH excluding ortho intramolecular Hbond substituents is 3. The van der Waals surface area contributed by atoms with E-state index in [1.54, 1.807) is 12.1 Å². The summed E-state index contributed by atoms with van der Waals surface area (Å²) in [6.45, 7) is 0. The molecular formula is C14H12N2O5. The van der Waals surface area contributed by atoms with Gasteiger partial charge in [0, 0.05) is 0 Å². The highest BCUT2D eigenvalue weighted by molar-refractivity contribution is 6.01. The SMILES string of the molecule is O=C(NNC(=O)c1cccc(O)c1O)c1ccccc1O. The zero-order chi connectivity index (χ0) is 15.4. The van der Waals surface area contributed by atoms with Crippen LogP contribution in [0.4, 0.5) is 0 Å². The Morgan fingerprint density at radius 3 is 1.90 bits per heavy atom. The number of rotatable bonds is 2. The largest absolute Gasteiger partial charge is 0.507 e. The zero-order valence-electron chi connectivity index (χ0n) is 10.7. The fraction of sp³-hybridized carbons (Fsp3) is 0. The minimum absolute atomic E-state index is 0.0158. The van der Waals surface area contributed by atoms with E-state index in [1.807, 2.05) is 0 Å². The summed E-state index contributed by atoms with van der Waals surface area (Å²) in [4.78, 5) is 23.5. The van der Waals surface area contributed by atoms with E-state index in [0.29, 0.717) is 0 Å². The molecule has 0 radical (unpaired) electrons. The highest BCUT2D eigenvalue weighted by Gasteiger charge is 2.16. The summed E-state index contributed by atoms with van der Waals surface area (Å²) in [5.41, 5.74) is 3.95. The van der Waals surface area contributed by atoms with Crippen LogP contribution in [0.1, 0.15) is 20.7 Å². The third-order valence-electron chi connectivity index (χ3n) is 2.70. The zero-order valence-corrected chi connectivity index (χ0v) is 10.7. The van der Waals surface area contributed by atoms with E-state index < -0.39 is 23.3 Å². The summed E-state index contributed by atoms with van der Waals surface area (Å²) in [6.07, 6.45) is 0. The number of amides is 2. The van der Waals surface area contributed by atoms with Gasteiger partial charge < -0.3 is 15.3 Å². The van der Waals surface area contributed by atoms with Crippen molar-refractivity contribution in [2.45, 2.75) is 0 Å². The maximum Gasteiger partial charge on any atom is 0.273 e. The Balaban J connectivity index is 2.06. The summed E-state index contributed by atoms with van der Waals surface area (Å²) in [6, 6.07) is 9.67. The van der Waals surface area contributed by atoms with Crippen LogP contribution in [0.5, 0.6) is 17.2 Å². The summed E-state index contributed by atoms with van der Waals surface area (Å²) in [5, 5.41) is 28.3. The number of phenols is 3. The molecule has 0 spiro atoms. The van der Waals surface area contributed by atoms with Crippen LogP contribution in [0.15, 0.2) is 42.5 Å². The molecule has 0 saturated heterocycles. The van der Waals surface area contributed by atoms with Crippen LogP contribution in [-0.2, 0) is 0 Å². The molecule has 0 saturated carbocycles. The van der Waals surface area contributed by atoms with E-state index in [0.717, 1.165) is 0 Å². The Labute approximate surface area is 119 Å². The van der Waals surface area contributed by atoms with E-state index in [2.05, 4.69) is 10.9 Å². The molecule has 2 rings (SSSR count). The quantitative estimate of drug-likeness (QED) is 0.415. The van der Waals surface area contributed by atoms with Crippen LogP contribution in [0.25, 0.3) is 0 Å². The number of benzene rings is 2. The van der Waals surface area contributed by atoms with Crippen molar-refractivity contribution in [2.24, 2.45) is 0 Å². The predicted molar refractivity (Wildman–Crippen MR) is 72.8 cm³/mol. The number of hydrogen-bond donors (Lipinski definition) is 5. The average Bonchev–Trinajstić information content (AvgIpc) is 2.47. The van der Waals surface area contributed by atoms with Gasteiger partial charge in [-0.2, -0.15) is 0 Å². The molecule has 21 heavy (non-hydrogen) atoms. The number of para-hydroxylation sites is 2. The van der Waals surface area contributed by atoms with E-state index in [1.165, 1.54) is 30.3 Å². The molecule has 0 fully saturated rings. The van der Waals surface area contributed by atoms with Crippen molar-refractivity contribution < 1.29 is 24.9 Å². The monoisotopic (exact) mass is 288 g/mol. The number of hydrogen-bond acceptors (Lipinski definition) is 5. The second kappa shape index (κ2) is 5.83. The van der Waals surface area contributed by atoms with Crippen LogP contribution in [0, 0.1) is 0 Å². The number of carbonyl (C=O) groups is 2. The second-order valence-corrected chi connectivity index (χ2v) is 4.10. The van der Waals surface area contributed by atoms with Gasteiger partial charge in [0.1, 0.15) is 5.75 Å². The van der Waals surface area contributed by atoms with Crippen molar-refractivity contribution >= 4 is 11.8 Å². The van der Waals surface area contributed by atoms with Crippen molar-refractivity contribution in [2.75, 3.05) is 0 Å². The van der Waals surface area contributed by atoms with Gasteiger partial charge in [-0.3, -0.25) is 20.4 Å². The molecule has 108 valence electrons. The Hall–Kier alpha value is -3.22. The maximum atomic E-state index is 11.8. The molecule has 0 aliphatic heterocycles. The van der Waals surface area contributed by atoms with Crippen molar-refractivity contribution in [1.29, 1.82) is 0 Å². The van der Waals surface area contributed by atoms with E-state index in [-0.39, 0.29) is 16.9 Å². The Kier molecular flexibility index (Phi) is 3.94. The molecule has 2 aromatic rings. The van der Waals surface area contributed by atoms with Crippen molar-refractivity contribution in [3.8, 4) is 17.2 Å². The number of nitrogens with one attached hydrogen (secondary N) is 2. The number of aromatic hydroxyl groups is 3. The van der Waals surface area contributed by atoms with Crippen LogP contribution >= 0.6 is 0 Å². The standard InChI is InChI=1S/C14H12N2O5/c17-10-6-2-1-4-8(10)13(20)15-16-14(21)9-5-3-7-11(18)12(9)19/h1-7,17-19H,(H,15,20)(H,16,21). The maximum absolute atomic E-state index is 11.8. The van der Waals surface area contributed by atoms with Crippen LogP contribution in [0.2, 0.25) is 0 Å². The molecule has 0 aliphatic carbocycles. The van der Waals surface area contributed by atoms with Gasteiger partial charge >= 0.3 is 0 Å². The Bertz CT molecular complexity index is 700. The van der Waals surface area contributed by atoms with E-state index in [4.69, 9.17) is 0 Å². The molecule has 0 atom stereocenters. The smallest absolute Gasteiger partial charge is 0.273 e. The minimum Gasteiger partial charge on any atom is -0.507 e. The van der Waals surface area contributed by atoms with Gasteiger partial charge in [0.25, 0.3) is 11.8 Å². The number of hydrazine groups is 1. The molecule has 7 nitrogen and oxygen atoms in total. The Morgan fingerprint density at radius 1 is 0.714 bits per heavy atom. The van der Waals surface area contributed by atoms with Gasteiger partial charge in [-0.1, -0.05) is 18.2 Å². The van der Waals surface area contributed by atoms with Crippen molar-refractivity contribution in [1.82, 2.24) is 10.9 Å². The molecule has 0 aromatic heterocycles. The van der Waals surface area contributed by atoms with Crippen molar-refractivity contribution in [3.05, 3.63) is 53.6 Å². The van der Waals surface area contributed by atoms with Crippen LogP contribution in [0.3, 0.4) is 0 Å². The molecule has 0 aliphatic rings. The third-order valence-corrected chi connectivity index (χ3v) is 2.70. The fourth-order valence-electron chi connectivity index (χ4n) is 1.63. The first kappa shape index (κ1) is 14.2. The van der Waals surface area contributed by atoms with Gasteiger partial charge in [0.2, 0.25) is 0 Å². The van der Waals surface area contributed by atoms with Gasteiger partial charge in [0.15, 0.2) is 11.5 Å². The first-order valence-electron chi connectivity index (χ1n) is 5.90. The lowest BCUT2D eigenvalue weighted by Gasteiger charge is -2.09. The molecule has 2 amide bonds. The third kappa shape index (κ3) is 3.03. The fourth-order valence-corrected chi connectivity index (χ4v) is 1.63. The summed E-state index contributed by atoms with van der Waals surface area (Å²) in [5.74, 6) is -2.81. The van der Waals surface area contributed by atoms with Crippen LogP contribution < -0.4 is 10.9 Å². The van der Waals surface area contributed by atoms with Crippen LogP contribution in [-0.4, -0.2) is 27.1 Å². The first-order chi connectivity index (χ1) is 10.0. The van der Waals surface area contributed by atoms with Gasteiger partial charge in [-0.15, -0.1) is 0 Å². The molecule has 0 unspecified atom stereocenters. The van der Waals surface area contributed by atoms with Gasteiger partial charge in [-0.05, 0) is 24.3 Å². The highest BCUT2D eigenvalue weighted by Crippen LogP contribution is 2.27. The van der Waals surface area contributed by atoms with Crippen molar-refractivity contribution in [3.63, 3.8) is 0 Å². The highest BCUT2D eigenvalue weighted by atomic mass is 16.3. The van der Waals surface area contributed by atoms with Gasteiger partial charge in [0.05, 0.1) is 11.1 Å². The molecule has 0 heterocycles. The Morgan fingerprint density at radius 2 is 1.24 bits per heavy atom. The van der Waals surface area contributed by atoms with E-state index in [9.17, 15) is 24.9 Å². The molecule has 5 N–H and O–H groups in total.